The summed E-state index contributed by atoms with van der Waals surface area (Å²) in [7, 11) is 0. The molecule has 0 aliphatic heterocycles. The van der Waals surface area contributed by atoms with Crippen molar-refractivity contribution in [1.82, 2.24) is 4.98 Å². The van der Waals surface area contributed by atoms with Crippen molar-refractivity contribution in [3.63, 3.8) is 0 Å². The maximum absolute atomic E-state index is 5.54. The van der Waals surface area contributed by atoms with E-state index in [1.807, 2.05) is 60.7 Å². The standard InChI is InChI=1S/C9H6ClNO.C6H5Cl/c10-9-11-8(6-12-9)7-4-2-1-3-5-7;7-6-4-2-1-3-5-6/h1-6H;1-5H. The molecule has 0 saturated carbocycles. The first-order chi connectivity index (χ1) is 9.25. The van der Waals surface area contributed by atoms with Crippen LogP contribution in [0.4, 0.5) is 0 Å². The normalized spacial score (nSPS) is 9.58. The summed E-state index contributed by atoms with van der Waals surface area (Å²) in [5, 5.41) is 0.969. The van der Waals surface area contributed by atoms with E-state index in [0.717, 1.165) is 16.3 Å². The Bertz CT molecular complexity index is 608. The van der Waals surface area contributed by atoms with E-state index in [1.54, 1.807) is 0 Å². The Morgan fingerprint density at radius 3 is 1.79 bits per heavy atom. The molecule has 0 fully saturated rings. The van der Waals surface area contributed by atoms with Crippen molar-refractivity contribution in [2.45, 2.75) is 0 Å². The molecular formula is C15H11Cl2NO. The van der Waals surface area contributed by atoms with Crippen LogP contribution in [0, 0.1) is 0 Å². The van der Waals surface area contributed by atoms with Gasteiger partial charge in [-0.15, -0.1) is 0 Å². The van der Waals surface area contributed by atoms with Crippen molar-refractivity contribution in [3.05, 3.63) is 77.3 Å². The molecule has 1 aromatic heterocycles. The van der Waals surface area contributed by atoms with Gasteiger partial charge in [0, 0.05) is 10.6 Å². The van der Waals surface area contributed by atoms with Crippen molar-refractivity contribution in [2.24, 2.45) is 0 Å². The quantitative estimate of drug-likeness (QED) is 0.605. The first-order valence-electron chi connectivity index (χ1n) is 5.63. The molecule has 0 atom stereocenters. The van der Waals surface area contributed by atoms with Gasteiger partial charge in [-0.05, 0) is 23.7 Å². The number of hydrogen-bond acceptors (Lipinski definition) is 2. The molecule has 2 aromatic carbocycles. The Hall–Kier alpha value is -1.77. The Balaban J connectivity index is 0.000000163. The highest BCUT2D eigenvalue weighted by Crippen LogP contribution is 2.19. The van der Waals surface area contributed by atoms with Crippen molar-refractivity contribution >= 4 is 23.2 Å². The number of nitrogens with zero attached hydrogens (tertiary/aromatic N) is 1. The Labute approximate surface area is 121 Å². The predicted octanol–water partition coefficient (Wildman–Crippen LogP) is 5.34. The van der Waals surface area contributed by atoms with Gasteiger partial charge < -0.3 is 4.42 Å². The molecule has 0 aliphatic carbocycles. The summed E-state index contributed by atoms with van der Waals surface area (Å²) in [5.41, 5.74) is 1.77. The van der Waals surface area contributed by atoms with Crippen LogP contribution in [0.25, 0.3) is 11.3 Å². The smallest absolute Gasteiger partial charge is 0.292 e. The van der Waals surface area contributed by atoms with Gasteiger partial charge in [0.1, 0.15) is 12.0 Å². The van der Waals surface area contributed by atoms with Crippen molar-refractivity contribution in [1.29, 1.82) is 0 Å². The Morgan fingerprint density at radius 2 is 1.37 bits per heavy atom. The van der Waals surface area contributed by atoms with E-state index >= 15 is 0 Å². The van der Waals surface area contributed by atoms with Gasteiger partial charge in [-0.3, -0.25) is 0 Å². The third kappa shape index (κ3) is 4.43. The average molecular weight is 292 g/mol. The van der Waals surface area contributed by atoms with Crippen molar-refractivity contribution < 1.29 is 4.42 Å². The van der Waals surface area contributed by atoms with Crippen LogP contribution in [0.3, 0.4) is 0 Å². The number of benzene rings is 2. The summed E-state index contributed by atoms with van der Waals surface area (Å²) in [5.74, 6) is 0. The molecule has 0 aliphatic rings. The highest BCUT2D eigenvalue weighted by Gasteiger charge is 2.01. The Morgan fingerprint density at radius 1 is 0.789 bits per heavy atom. The Kier molecular flexibility index (Phi) is 5.01. The van der Waals surface area contributed by atoms with Crippen LogP contribution < -0.4 is 0 Å². The lowest BCUT2D eigenvalue weighted by Gasteiger charge is -1.91. The summed E-state index contributed by atoms with van der Waals surface area (Å²) in [4.78, 5) is 3.98. The summed E-state index contributed by atoms with van der Waals surface area (Å²) in [6, 6.07) is 19.2. The summed E-state index contributed by atoms with van der Waals surface area (Å²) in [6.45, 7) is 0. The molecule has 0 spiro atoms. The van der Waals surface area contributed by atoms with Crippen molar-refractivity contribution in [3.8, 4) is 11.3 Å². The molecule has 0 N–H and O–H groups in total. The van der Waals surface area contributed by atoms with E-state index in [0.29, 0.717) is 0 Å². The van der Waals surface area contributed by atoms with E-state index in [-0.39, 0.29) is 5.35 Å². The lowest BCUT2D eigenvalue weighted by Crippen LogP contribution is -1.74. The topological polar surface area (TPSA) is 26.0 Å². The molecule has 0 bridgehead atoms. The predicted molar refractivity (Wildman–Crippen MR) is 78.4 cm³/mol. The van der Waals surface area contributed by atoms with Crippen LogP contribution in [0.5, 0.6) is 0 Å². The van der Waals surface area contributed by atoms with Crippen LogP contribution in [0.15, 0.2) is 71.3 Å². The number of rotatable bonds is 1. The fraction of sp³-hybridized carbons (Fsp3) is 0. The molecule has 0 radical (unpaired) electrons. The second-order valence-electron chi connectivity index (χ2n) is 3.65. The van der Waals surface area contributed by atoms with Gasteiger partial charge in [-0.25, -0.2) is 0 Å². The van der Waals surface area contributed by atoms with Gasteiger partial charge in [0.05, 0.1) is 0 Å². The fourth-order valence-electron chi connectivity index (χ4n) is 1.41. The molecule has 96 valence electrons. The molecule has 4 heteroatoms. The third-order valence-corrected chi connectivity index (χ3v) is 2.70. The first-order valence-corrected chi connectivity index (χ1v) is 6.38. The number of aromatic nitrogens is 1. The molecule has 3 rings (SSSR count). The average Bonchev–Trinajstić information content (AvgIpc) is 2.88. The lowest BCUT2D eigenvalue weighted by atomic mass is 10.2. The van der Waals surface area contributed by atoms with Gasteiger partial charge in [-0.2, -0.15) is 4.98 Å². The summed E-state index contributed by atoms with van der Waals surface area (Å²) >= 11 is 11.1. The second kappa shape index (κ2) is 6.98. The van der Waals surface area contributed by atoms with Gasteiger partial charge in [-0.1, -0.05) is 60.1 Å². The van der Waals surface area contributed by atoms with Crippen LogP contribution in [-0.4, -0.2) is 4.98 Å². The van der Waals surface area contributed by atoms with Crippen LogP contribution >= 0.6 is 23.2 Å². The molecule has 0 unspecified atom stereocenters. The second-order valence-corrected chi connectivity index (χ2v) is 4.41. The molecule has 1 heterocycles. The maximum Gasteiger partial charge on any atom is 0.292 e. The number of halogens is 2. The minimum atomic E-state index is 0.175. The summed E-state index contributed by atoms with van der Waals surface area (Å²) < 4.78 is 4.87. The van der Waals surface area contributed by atoms with E-state index in [2.05, 4.69) is 4.98 Å². The molecule has 2 nitrogen and oxygen atoms in total. The SMILES string of the molecule is Clc1ccccc1.Clc1nc(-c2ccccc2)co1. The number of hydrogen-bond donors (Lipinski definition) is 0. The van der Waals surface area contributed by atoms with Gasteiger partial charge >= 0.3 is 0 Å². The van der Waals surface area contributed by atoms with Crippen molar-refractivity contribution in [2.75, 3.05) is 0 Å². The zero-order valence-corrected chi connectivity index (χ0v) is 11.5. The van der Waals surface area contributed by atoms with E-state index < -0.39 is 0 Å². The van der Waals surface area contributed by atoms with E-state index in [4.69, 9.17) is 27.6 Å². The van der Waals surface area contributed by atoms with Gasteiger partial charge in [0.15, 0.2) is 0 Å². The maximum atomic E-state index is 5.54. The van der Waals surface area contributed by atoms with Crippen LogP contribution in [-0.2, 0) is 0 Å². The molecule has 0 saturated heterocycles. The zero-order valence-electron chi connectivity index (χ0n) is 9.96. The van der Waals surface area contributed by atoms with Gasteiger partial charge in [0.25, 0.3) is 5.35 Å². The molecule has 19 heavy (non-hydrogen) atoms. The number of oxazole rings is 1. The van der Waals surface area contributed by atoms with Crippen LogP contribution in [0.2, 0.25) is 10.4 Å². The van der Waals surface area contributed by atoms with Gasteiger partial charge in [0.2, 0.25) is 0 Å². The van der Waals surface area contributed by atoms with E-state index in [9.17, 15) is 0 Å². The highest BCUT2D eigenvalue weighted by atomic mass is 35.5. The zero-order chi connectivity index (χ0) is 13.5. The molecule has 3 aromatic rings. The summed E-state index contributed by atoms with van der Waals surface area (Å²) in [6.07, 6.45) is 1.54. The highest BCUT2D eigenvalue weighted by molar-refractivity contribution is 6.30. The minimum Gasteiger partial charge on any atom is -0.436 e. The first kappa shape index (κ1) is 13.7. The molecule has 0 amide bonds. The fourth-order valence-corrected chi connectivity index (χ4v) is 1.69. The third-order valence-electron chi connectivity index (χ3n) is 2.28. The molecular weight excluding hydrogens is 281 g/mol. The minimum absolute atomic E-state index is 0.175. The van der Waals surface area contributed by atoms with E-state index in [1.165, 1.54) is 6.26 Å². The lowest BCUT2D eigenvalue weighted by molar-refractivity contribution is 0.560. The largest absolute Gasteiger partial charge is 0.436 e. The monoisotopic (exact) mass is 291 g/mol. The van der Waals surface area contributed by atoms with Crippen LogP contribution in [0.1, 0.15) is 0 Å².